The maximum absolute atomic E-state index is 12.8. The van der Waals surface area contributed by atoms with E-state index in [4.69, 9.17) is 0 Å². The van der Waals surface area contributed by atoms with Crippen molar-refractivity contribution in [2.45, 2.75) is 25.0 Å². The number of benzene rings is 2. The molecule has 144 valence electrons. The van der Waals surface area contributed by atoms with Crippen LogP contribution in [0.2, 0.25) is 0 Å². The number of carbonyl (C=O) groups is 2. The number of halogens is 1. The minimum atomic E-state index is -1.29. The number of fused-ring (bicyclic) bond motifs is 1. The maximum atomic E-state index is 12.8. The highest BCUT2D eigenvalue weighted by molar-refractivity contribution is 9.10. The number of hydrogen-bond donors (Lipinski definition) is 3. The zero-order chi connectivity index (χ0) is 19.7. The lowest BCUT2D eigenvalue weighted by atomic mass is 10.1. The van der Waals surface area contributed by atoms with Gasteiger partial charge in [-0.15, -0.1) is 0 Å². The van der Waals surface area contributed by atoms with Crippen LogP contribution in [0.5, 0.6) is 0 Å². The number of nitrogens with one attached hydrogen (secondary N) is 2. The molecular formula is C20H19BrN4O3. The Morgan fingerprint density at radius 3 is 2.82 bits per heavy atom. The van der Waals surface area contributed by atoms with E-state index >= 15 is 0 Å². The molecule has 2 atom stereocenters. The van der Waals surface area contributed by atoms with E-state index in [0.29, 0.717) is 24.2 Å². The fourth-order valence-electron chi connectivity index (χ4n) is 3.49. The van der Waals surface area contributed by atoms with Crippen molar-refractivity contribution in [2.24, 2.45) is 0 Å². The van der Waals surface area contributed by atoms with Crippen LogP contribution < -0.4 is 5.32 Å². The minimum Gasteiger partial charge on any atom is -0.378 e. The van der Waals surface area contributed by atoms with Crippen molar-refractivity contribution in [2.75, 3.05) is 11.9 Å². The summed E-state index contributed by atoms with van der Waals surface area (Å²) in [4.78, 5) is 27.1. The topological polar surface area (TPSA) is 98.3 Å². The number of likely N-dealkylation sites (tertiary alicyclic amines) is 1. The highest BCUT2D eigenvalue weighted by atomic mass is 79.9. The van der Waals surface area contributed by atoms with Gasteiger partial charge in [-0.05, 0) is 48.7 Å². The molecule has 1 unspecified atom stereocenters. The molecule has 1 aromatic heterocycles. The molecule has 4 rings (SSSR count). The molecule has 0 saturated carbocycles. The second kappa shape index (κ2) is 7.73. The van der Waals surface area contributed by atoms with E-state index in [9.17, 15) is 14.7 Å². The third-order valence-electron chi connectivity index (χ3n) is 4.97. The molecule has 1 saturated heterocycles. The first-order chi connectivity index (χ1) is 13.5. The third kappa shape index (κ3) is 3.65. The van der Waals surface area contributed by atoms with Gasteiger partial charge in [0.1, 0.15) is 6.04 Å². The lowest BCUT2D eigenvalue weighted by Gasteiger charge is -2.26. The van der Waals surface area contributed by atoms with Gasteiger partial charge in [0.25, 0.3) is 5.91 Å². The van der Waals surface area contributed by atoms with Gasteiger partial charge in [-0.3, -0.25) is 14.7 Å². The molecule has 0 radical (unpaired) electrons. The first kappa shape index (κ1) is 18.6. The number of nitrogens with zero attached hydrogens (tertiary/aromatic N) is 2. The first-order valence-corrected chi connectivity index (χ1v) is 9.80. The summed E-state index contributed by atoms with van der Waals surface area (Å²) >= 11 is 3.33. The van der Waals surface area contributed by atoms with Crippen molar-refractivity contribution in [3.05, 3.63) is 58.7 Å². The van der Waals surface area contributed by atoms with E-state index in [2.05, 4.69) is 31.4 Å². The number of H-pyrrole nitrogens is 1. The Balaban J connectivity index is 1.48. The fraction of sp³-hybridized carbons (Fsp3) is 0.250. The molecule has 7 nitrogen and oxygen atoms in total. The van der Waals surface area contributed by atoms with Crippen LogP contribution in [-0.2, 0) is 9.59 Å². The van der Waals surface area contributed by atoms with Gasteiger partial charge in [-0.1, -0.05) is 28.1 Å². The van der Waals surface area contributed by atoms with Crippen LogP contribution in [0.3, 0.4) is 0 Å². The van der Waals surface area contributed by atoms with Crippen molar-refractivity contribution < 1.29 is 14.7 Å². The Morgan fingerprint density at radius 2 is 2.04 bits per heavy atom. The summed E-state index contributed by atoms with van der Waals surface area (Å²) < 4.78 is 0.865. The highest BCUT2D eigenvalue weighted by Gasteiger charge is 2.37. The van der Waals surface area contributed by atoms with Gasteiger partial charge in [0.05, 0.1) is 11.7 Å². The fourth-order valence-corrected chi connectivity index (χ4v) is 3.76. The van der Waals surface area contributed by atoms with Gasteiger partial charge < -0.3 is 15.3 Å². The van der Waals surface area contributed by atoms with Crippen molar-refractivity contribution >= 4 is 44.3 Å². The molecule has 2 aromatic carbocycles. The summed E-state index contributed by atoms with van der Waals surface area (Å²) in [5, 5.41) is 21.1. The summed E-state index contributed by atoms with van der Waals surface area (Å²) in [6.07, 6.45) is 1.69. The molecule has 0 bridgehead atoms. The van der Waals surface area contributed by atoms with Crippen LogP contribution in [-0.4, -0.2) is 44.6 Å². The van der Waals surface area contributed by atoms with E-state index < -0.39 is 18.1 Å². The number of aromatic amines is 1. The van der Waals surface area contributed by atoms with Crippen molar-refractivity contribution in [3.8, 4) is 0 Å². The summed E-state index contributed by atoms with van der Waals surface area (Å²) in [5.74, 6) is -0.707. The molecule has 2 amide bonds. The number of aliphatic hydroxyl groups is 1. The Hall–Kier alpha value is -2.71. The van der Waals surface area contributed by atoms with Gasteiger partial charge >= 0.3 is 0 Å². The van der Waals surface area contributed by atoms with Crippen molar-refractivity contribution in [1.82, 2.24) is 15.1 Å². The molecule has 0 spiro atoms. The van der Waals surface area contributed by atoms with Crippen molar-refractivity contribution in [3.63, 3.8) is 0 Å². The van der Waals surface area contributed by atoms with Crippen LogP contribution in [0.1, 0.15) is 24.5 Å². The smallest absolute Gasteiger partial charge is 0.256 e. The minimum absolute atomic E-state index is 0.253. The van der Waals surface area contributed by atoms with Gasteiger partial charge in [0.15, 0.2) is 6.10 Å². The molecule has 1 aliphatic rings. The van der Waals surface area contributed by atoms with Gasteiger partial charge in [-0.25, -0.2) is 0 Å². The average Bonchev–Trinajstić information content (AvgIpc) is 3.36. The standard InChI is InChI=1S/C20H19BrN4O3/c21-14-5-3-12(4-6-14)18(26)20(28)25-9-1-2-17(25)19(27)23-15-7-8-16-13(10-15)11-22-24-16/h3-8,10-11,17-18,26H,1-2,9H2,(H,22,24)(H,23,27)/t17-,18?/m1/s1. The molecule has 1 aliphatic heterocycles. The Morgan fingerprint density at radius 1 is 1.25 bits per heavy atom. The van der Waals surface area contributed by atoms with Gasteiger partial charge in [0.2, 0.25) is 5.91 Å². The van der Waals surface area contributed by atoms with E-state index in [1.807, 2.05) is 12.1 Å². The highest BCUT2D eigenvalue weighted by Crippen LogP contribution is 2.26. The number of hydrogen-bond acceptors (Lipinski definition) is 4. The van der Waals surface area contributed by atoms with Crippen LogP contribution in [0.25, 0.3) is 10.9 Å². The number of anilines is 1. The Bertz CT molecular complexity index is 1020. The number of rotatable bonds is 4. The Kier molecular flexibility index (Phi) is 5.15. The third-order valence-corrected chi connectivity index (χ3v) is 5.49. The largest absolute Gasteiger partial charge is 0.378 e. The number of amides is 2. The van der Waals surface area contributed by atoms with Crippen LogP contribution in [0, 0.1) is 0 Å². The van der Waals surface area contributed by atoms with Crippen LogP contribution in [0.15, 0.2) is 53.1 Å². The first-order valence-electron chi connectivity index (χ1n) is 9.01. The Labute approximate surface area is 169 Å². The van der Waals surface area contributed by atoms with Crippen LogP contribution in [0.4, 0.5) is 5.69 Å². The van der Waals surface area contributed by atoms with Crippen molar-refractivity contribution in [1.29, 1.82) is 0 Å². The average molecular weight is 443 g/mol. The quantitative estimate of drug-likeness (QED) is 0.578. The number of carbonyl (C=O) groups excluding carboxylic acids is 2. The second-order valence-corrected chi connectivity index (χ2v) is 7.72. The van der Waals surface area contributed by atoms with Gasteiger partial charge in [-0.2, -0.15) is 5.10 Å². The number of aliphatic hydroxyl groups excluding tert-OH is 1. The SMILES string of the molecule is O=C(Nc1ccc2[nH]ncc2c1)[C@H]1CCCN1C(=O)C(O)c1ccc(Br)cc1. The molecule has 8 heteroatoms. The summed E-state index contributed by atoms with van der Waals surface area (Å²) in [5.41, 5.74) is 2.03. The molecular weight excluding hydrogens is 424 g/mol. The van der Waals surface area contributed by atoms with Crippen LogP contribution >= 0.6 is 15.9 Å². The van der Waals surface area contributed by atoms with Gasteiger partial charge in [0, 0.05) is 22.1 Å². The second-order valence-electron chi connectivity index (χ2n) is 6.81. The maximum Gasteiger partial charge on any atom is 0.256 e. The normalized spacial score (nSPS) is 17.6. The van der Waals surface area contributed by atoms with E-state index in [1.54, 1.807) is 36.5 Å². The summed E-state index contributed by atoms with van der Waals surface area (Å²) in [6.45, 7) is 0.450. The summed E-state index contributed by atoms with van der Waals surface area (Å²) in [7, 11) is 0. The zero-order valence-electron chi connectivity index (χ0n) is 14.9. The zero-order valence-corrected chi connectivity index (χ0v) is 16.5. The molecule has 2 heterocycles. The predicted molar refractivity (Wildman–Crippen MR) is 109 cm³/mol. The van der Waals surface area contributed by atoms with E-state index in [1.165, 1.54) is 4.90 Å². The lowest BCUT2D eigenvalue weighted by molar-refractivity contribution is -0.144. The number of aromatic nitrogens is 2. The molecule has 3 N–H and O–H groups in total. The molecule has 0 aliphatic carbocycles. The predicted octanol–water partition coefficient (Wildman–Crippen LogP) is 2.99. The monoisotopic (exact) mass is 442 g/mol. The molecule has 28 heavy (non-hydrogen) atoms. The molecule has 3 aromatic rings. The lowest BCUT2D eigenvalue weighted by Crippen LogP contribution is -2.45. The van der Waals surface area contributed by atoms with E-state index in [-0.39, 0.29) is 5.91 Å². The summed E-state index contributed by atoms with van der Waals surface area (Å²) in [6, 6.07) is 11.8. The van der Waals surface area contributed by atoms with E-state index in [0.717, 1.165) is 21.8 Å². The molecule has 1 fully saturated rings.